The molecule has 0 radical (unpaired) electrons. The molecule has 1 N–H and O–H groups in total. The van der Waals surface area contributed by atoms with Crippen LogP contribution in [0.4, 0.5) is 0 Å². The van der Waals surface area contributed by atoms with Gasteiger partial charge < -0.3 is 10.1 Å². The Bertz CT molecular complexity index is 355. The van der Waals surface area contributed by atoms with Crippen LogP contribution in [-0.4, -0.2) is 76.8 Å². The van der Waals surface area contributed by atoms with E-state index < -0.39 is 0 Å². The highest BCUT2D eigenvalue weighted by Gasteiger charge is 2.11. The summed E-state index contributed by atoms with van der Waals surface area (Å²) in [5.74, 6) is 1.02. The van der Waals surface area contributed by atoms with Crippen LogP contribution in [0.2, 0.25) is 0 Å². The number of thioether (sulfide) groups is 1. The van der Waals surface area contributed by atoms with Gasteiger partial charge in [0.1, 0.15) is 0 Å². The molecule has 1 aliphatic heterocycles. The zero-order valence-electron chi connectivity index (χ0n) is 11.4. The van der Waals surface area contributed by atoms with Crippen LogP contribution in [0.3, 0.4) is 0 Å². The minimum atomic E-state index is 0.820. The fraction of sp³-hybridized carbons (Fsp3) is 0.909. The number of rotatable bonds is 8. The van der Waals surface area contributed by atoms with Gasteiger partial charge in [0.15, 0.2) is 0 Å². The molecule has 0 bridgehead atoms. The highest BCUT2D eigenvalue weighted by Crippen LogP contribution is 2.13. The third-order valence-electron chi connectivity index (χ3n) is 2.99. The predicted molar refractivity (Wildman–Crippen MR) is 74.3 cm³/mol. The Morgan fingerprint density at radius 1 is 1.32 bits per heavy atom. The summed E-state index contributed by atoms with van der Waals surface area (Å²) in [7, 11) is 0. The molecule has 1 fully saturated rings. The number of nitrogens with one attached hydrogen (secondary N) is 1. The SMILES string of the molecule is CCNCCn1nnnc1SCCN1CCOCC1. The van der Waals surface area contributed by atoms with Gasteiger partial charge in [0.2, 0.25) is 5.16 Å². The molecule has 0 aliphatic carbocycles. The third kappa shape index (κ3) is 5.06. The van der Waals surface area contributed by atoms with Gasteiger partial charge in [-0.1, -0.05) is 18.7 Å². The van der Waals surface area contributed by atoms with Crippen LogP contribution in [0.5, 0.6) is 0 Å². The van der Waals surface area contributed by atoms with Gasteiger partial charge in [-0.3, -0.25) is 4.90 Å². The summed E-state index contributed by atoms with van der Waals surface area (Å²) >= 11 is 1.72. The van der Waals surface area contributed by atoms with Gasteiger partial charge in [-0.05, 0) is 17.0 Å². The van der Waals surface area contributed by atoms with Crippen molar-refractivity contribution in [2.24, 2.45) is 0 Å². The molecule has 19 heavy (non-hydrogen) atoms. The number of tetrazole rings is 1. The topological polar surface area (TPSA) is 68.1 Å². The molecule has 8 heteroatoms. The van der Waals surface area contributed by atoms with Crippen LogP contribution in [0.1, 0.15) is 6.92 Å². The van der Waals surface area contributed by atoms with Gasteiger partial charge in [0.25, 0.3) is 0 Å². The van der Waals surface area contributed by atoms with Gasteiger partial charge in [0.05, 0.1) is 19.8 Å². The van der Waals surface area contributed by atoms with E-state index in [1.54, 1.807) is 11.8 Å². The lowest BCUT2D eigenvalue weighted by molar-refractivity contribution is 0.0410. The van der Waals surface area contributed by atoms with Crippen LogP contribution in [0.25, 0.3) is 0 Å². The van der Waals surface area contributed by atoms with Crippen LogP contribution in [0, 0.1) is 0 Å². The number of hydrogen-bond acceptors (Lipinski definition) is 7. The normalized spacial score (nSPS) is 16.9. The number of hydrogen-bond donors (Lipinski definition) is 1. The molecule has 1 aromatic rings. The van der Waals surface area contributed by atoms with Crippen LogP contribution in [0.15, 0.2) is 5.16 Å². The summed E-state index contributed by atoms with van der Waals surface area (Å²) in [6.45, 7) is 9.63. The second-order valence-electron chi connectivity index (χ2n) is 4.34. The number of likely N-dealkylation sites (N-methyl/N-ethyl adjacent to an activating group) is 1. The van der Waals surface area contributed by atoms with E-state index in [-0.39, 0.29) is 0 Å². The number of ether oxygens (including phenoxy) is 1. The molecule has 0 saturated carbocycles. The molecule has 7 nitrogen and oxygen atoms in total. The van der Waals surface area contributed by atoms with E-state index in [0.717, 1.165) is 63.4 Å². The number of aromatic nitrogens is 4. The first-order chi connectivity index (χ1) is 9.40. The largest absolute Gasteiger partial charge is 0.379 e. The van der Waals surface area contributed by atoms with Crippen molar-refractivity contribution < 1.29 is 4.74 Å². The minimum absolute atomic E-state index is 0.820. The Balaban J connectivity index is 1.68. The van der Waals surface area contributed by atoms with Crippen molar-refractivity contribution in [1.29, 1.82) is 0 Å². The minimum Gasteiger partial charge on any atom is -0.379 e. The van der Waals surface area contributed by atoms with Gasteiger partial charge in [-0.2, -0.15) is 0 Å². The van der Waals surface area contributed by atoms with Crippen molar-refractivity contribution in [3.8, 4) is 0 Å². The monoisotopic (exact) mass is 286 g/mol. The lowest BCUT2D eigenvalue weighted by Crippen LogP contribution is -2.37. The summed E-state index contributed by atoms with van der Waals surface area (Å²) < 4.78 is 7.20. The molecule has 1 saturated heterocycles. The Hall–Kier alpha value is -0.700. The first kappa shape index (κ1) is 14.7. The lowest BCUT2D eigenvalue weighted by atomic mass is 10.4. The Kier molecular flexibility index (Phi) is 6.55. The number of morpholine rings is 1. The zero-order valence-corrected chi connectivity index (χ0v) is 12.2. The highest BCUT2D eigenvalue weighted by molar-refractivity contribution is 7.99. The highest BCUT2D eigenvalue weighted by atomic mass is 32.2. The van der Waals surface area contributed by atoms with Crippen molar-refractivity contribution in [3.05, 3.63) is 0 Å². The van der Waals surface area contributed by atoms with Crippen molar-refractivity contribution in [2.75, 3.05) is 51.7 Å². The molecular weight excluding hydrogens is 264 g/mol. The van der Waals surface area contributed by atoms with E-state index in [2.05, 4.69) is 32.7 Å². The smallest absolute Gasteiger partial charge is 0.209 e. The van der Waals surface area contributed by atoms with E-state index >= 15 is 0 Å². The van der Waals surface area contributed by atoms with E-state index in [9.17, 15) is 0 Å². The molecule has 2 rings (SSSR count). The van der Waals surface area contributed by atoms with Crippen molar-refractivity contribution in [3.63, 3.8) is 0 Å². The van der Waals surface area contributed by atoms with Gasteiger partial charge >= 0.3 is 0 Å². The summed E-state index contributed by atoms with van der Waals surface area (Å²) in [4.78, 5) is 2.42. The third-order valence-corrected chi connectivity index (χ3v) is 3.93. The molecule has 1 aliphatic rings. The zero-order chi connectivity index (χ0) is 13.3. The average Bonchev–Trinajstić information content (AvgIpc) is 2.88. The molecule has 2 heterocycles. The Labute approximate surface area is 118 Å². The molecular formula is C11H22N6OS. The molecule has 0 spiro atoms. The van der Waals surface area contributed by atoms with Crippen molar-refractivity contribution in [1.82, 2.24) is 30.4 Å². The summed E-state index contributed by atoms with van der Waals surface area (Å²) in [6, 6.07) is 0. The van der Waals surface area contributed by atoms with E-state index in [1.807, 2.05) is 4.68 Å². The van der Waals surface area contributed by atoms with Crippen LogP contribution < -0.4 is 5.32 Å². The quantitative estimate of drug-likeness (QED) is 0.520. The molecule has 0 unspecified atom stereocenters. The molecule has 1 aromatic heterocycles. The lowest BCUT2D eigenvalue weighted by Gasteiger charge is -2.26. The maximum Gasteiger partial charge on any atom is 0.209 e. The van der Waals surface area contributed by atoms with Gasteiger partial charge in [-0.15, -0.1) is 5.10 Å². The first-order valence-corrected chi connectivity index (χ1v) is 7.78. The second-order valence-corrected chi connectivity index (χ2v) is 5.40. The summed E-state index contributed by atoms with van der Waals surface area (Å²) in [6.07, 6.45) is 0. The maximum atomic E-state index is 5.33. The standard InChI is InChI=1S/C11H22N6OS/c1-2-12-3-4-17-11(13-14-15-17)19-10-7-16-5-8-18-9-6-16/h12H,2-10H2,1H3. The number of nitrogens with zero attached hydrogens (tertiary/aromatic N) is 5. The Morgan fingerprint density at radius 3 is 2.95 bits per heavy atom. The average molecular weight is 286 g/mol. The van der Waals surface area contributed by atoms with Crippen molar-refractivity contribution in [2.45, 2.75) is 18.6 Å². The van der Waals surface area contributed by atoms with E-state index in [1.165, 1.54) is 0 Å². The molecule has 0 amide bonds. The van der Waals surface area contributed by atoms with E-state index in [4.69, 9.17) is 4.74 Å². The van der Waals surface area contributed by atoms with Gasteiger partial charge in [-0.25, -0.2) is 4.68 Å². The predicted octanol–water partition coefficient (Wildman–Crippen LogP) is -0.293. The maximum absolute atomic E-state index is 5.33. The summed E-state index contributed by atoms with van der Waals surface area (Å²) in [5.41, 5.74) is 0. The first-order valence-electron chi connectivity index (χ1n) is 6.80. The summed E-state index contributed by atoms with van der Waals surface area (Å²) in [5, 5.41) is 16.0. The molecule has 0 aromatic carbocycles. The van der Waals surface area contributed by atoms with E-state index in [0.29, 0.717) is 0 Å². The second kappa shape index (κ2) is 8.47. The fourth-order valence-corrected chi connectivity index (χ4v) is 2.80. The van der Waals surface area contributed by atoms with Crippen LogP contribution in [-0.2, 0) is 11.3 Å². The Morgan fingerprint density at radius 2 is 2.16 bits per heavy atom. The van der Waals surface area contributed by atoms with Crippen LogP contribution >= 0.6 is 11.8 Å². The van der Waals surface area contributed by atoms with Crippen molar-refractivity contribution >= 4 is 11.8 Å². The fourth-order valence-electron chi connectivity index (χ4n) is 1.89. The molecule has 0 atom stereocenters. The van der Waals surface area contributed by atoms with Gasteiger partial charge in [0, 0.05) is 31.9 Å². The molecule has 108 valence electrons.